The molecular formula is C15H23NO. The molecule has 0 radical (unpaired) electrons. The molecule has 0 aromatic heterocycles. The second kappa shape index (κ2) is 5.09. The van der Waals surface area contributed by atoms with Crippen LogP contribution in [0.15, 0.2) is 12.1 Å². The maximum absolute atomic E-state index is 6.20. The first-order valence-corrected chi connectivity index (χ1v) is 6.50. The molecule has 0 heterocycles. The zero-order valence-electron chi connectivity index (χ0n) is 11.1. The van der Waals surface area contributed by atoms with Gasteiger partial charge in [0.15, 0.2) is 0 Å². The number of ether oxygens (including phenoxy) is 1. The van der Waals surface area contributed by atoms with E-state index in [9.17, 15) is 0 Å². The summed E-state index contributed by atoms with van der Waals surface area (Å²) in [7, 11) is 1.74. The summed E-state index contributed by atoms with van der Waals surface area (Å²) in [4.78, 5) is 0. The fourth-order valence-electron chi connectivity index (χ4n) is 2.35. The van der Waals surface area contributed by atoms with Crippen molar-refractivity contribution in [3.8, 4) is 5.75 Å². The van der Waals surface area contributed by atoms with Gasteiger partial charge in [-0.1, -0.05) is 18.9 Å². The highest BCUT2D eigenvalue weighted by Crippen LogP contribution is 2.34. The monoisotopic (exact) mass is 233 g/mol. The lowest BCUT2D eigenvalue weighted by Crippen LogP contribution is -2.23. The van der Waals surface area contributed by atoms with Crippen LogP contribution in [0, 0.1) is 19.8 Å². The third-order valence-electron chi connectivity index (χ3n) is 3.71. The van der Waals surface area contributed by atoms with Gasteiger partial charge in [0.05, 0.1) is 7.11 Å². The van der Waals surface area contributed by atoms with Crippen molar-refractivity contribution in [2.24, 2.45) is 11.7 Å². The maximum Gasteiger partial charge on any atom is 0.122 e. The van der Waals surface area contributed by atoms with Crippen molar-refractivity contribution >= 4 is 0 Å². The van der Waals surface area contributed by atoms with Crippen molar-refractivity contribution in [1.29, 1.82) is 0 Å². The Kier molecular flexibility index (Phi) is 3.72. The molecule has 2 rings (SSSR count). The number of rotatable bonds is 5. The Balaban J connectivity index is 2.09. The largest absolute Gasteiger partial charge is 0.496 e. The molecule has 1 saturated carbocycles. The minimum Gasteiger partial charge on any atom is -0.496 e. The van der Waals surface area contributed by atoms with Crippen LogP contribution >= 0.6 is 0 Å². The Morgan fingerprint density at radius 2 is 1.94 bits per heavy atom. The average Bonchev–Trinajstić information content (AvgIpc) is 3.06. The van der Waals surface area contributed by atoms with Crippen molar-refractivity contribution in [3.05, 3.63) is 28.8 Å². The molecule has 1 fully saturated rings. The summed E-state index contributed by atoms with van der Waals surface area (Å²) in [6.07, 6.45) is 4.84. The zero-order valence-corrected chi connectivity index (χ0v) is 11.1. The standard InChI is InChI=1S/C15H23NO/c1-10-6-13(15(17-3)7-11(10)2)9-14(16)8-12-4-5-12/h6-7,12,14H,4-5,8-9,16H2,1-3H3. The van der Waals surface area contributed by atoms with Crippen molar-refractivity contribution in [1.82, 2.24) is 0 Å². The number of hydrogen-bond acceptors (Lipinski definition) is 2. The Hall–Kier alpha value is -1.02. The van der Waals surface area contributed by atoms with E-state index in [-0.39, 0.29) is 6.04 Å². The third-order valence-corrected chi connectivity index (χ3v) is 3.71. The molecule has 0 aliphatic heterocycles. The molecule has 0 amide bonds. The van der Waals surface area contributed by atoms with E-state index in [1.165, 1.54) is 29.5 Å². The van der Waals surface area contributed by atoms with Gasteiger partial charge in [-0.15, -0.1) is 0 Å². The summed E-state index contributed by atoms with van der Waals surface area (Å²) >= 11 is 0. The van der Waals surface area contributed by atoms with E-state index in [2.05, 4.69) is 26.0 Å². The molecule has 17 heavy (non-hydrogen) atoms. The average molecular weight is 233 g/mol. The molecular weight excluding hydrogens is 210 g/mol. The van der Waals surface area contributed by atoms with Gasteiger partial charge in [-0.3, -0.25) is 0 Å². The highest BCUT2D eigenvalue weighted by atomic mass is 16.5. The molecule has 94 valence electrons. The van der Waals surface area contributed by atoms with Gasteiger partial charge in [-0.05, 0) is 55.4 Å². The lowest BCUT2D eigenvalue weighted by atomic mass is 9.97. The summed E-state index contributed by atoms with van der Waals surface area (Å²) in [5, 5.41) is 0. The Morgan fingerprint density at radius 1 is 1.29 bits per heavy atom. The highest BCUT2D eigenvalue weighted by molar-refractivity contribution is 5.42. The van der Waals surface area contributed by atoms with Gasteiger partial charge in [-0.25, -0.2) is 0 Å². The van der Waals surface area contributed by atoms with Crippen LogP contribution in [0.3, 0.4) is 0 Å². The predicted molar refractivity (Wildman–Crippen MR) is 71.5 cm³/mol. The van der Waals surface area contributed by atoms with Gasteiger partial charge in [0.1, 0.15) is 5.75 Å². The van der Waals surface area contributed by atoms with Crippen LogP contribution in [-0.2, 0) is 6.42 Å². The summed E-state index contributed by atoms with van der Waals surface area (Å²) in [6, 6.07) is 4.62. The minimum atomic E-state index is 0.276. The van der Waals surface area contributed by atoms with Crippen molar-refractivity contribution in [2.75, 3.05) is 7.11 Å². The molecule has 2 heteroatoms. The molecule has 0 bridgehead atoms. The van der Waals surface area contributed by atoms with Crippen LogP contribution in [0.1, 0.15) is 36.0 Å². The van der Waals surface area contributed by atoms with Crippen LogP contribution in [0.2, 0.25) is 0 Å². The lowest BCUT2D eigenvalue weighted by Gasteiger charge is -2.16. The number of benzene rings is 1. The van der Waals surface area contributed by atoms with Crippen LogP contribution in [0.5, 0.6) is 5.75 Å². The first-order chi connectivity index (χ1) is 8.10. The Labute approximate surface area is 104 Å². The molecule has 1 aliphatic carbocycles. The van der Waals surface area contributed by atoms with Gasteiger partial charge in [-0.2, -0.15) is 0 Å². The van der Waals surface area contributed by atoms with E-state index in [1.54, 1.807) is 7.11 Å². The van der Waals surface area contributed by atoms with Crippen LogP contribution in [-0.4, -0.2) is 13.2 Å². The highest BCUT2D eigenvalue weighted by Gasteiger charge is 2.24. The topological polar surface area (TPSA) is 35.2 Å². The minimum absolute atomic E-state index is 0.276. The van der Waals surface area contributed by atoms with E-state index < -0.39 is 0 Å². The summed E-state index contributed by atoms with van der Waals surface area (Å²) in [5.41, 5.74) is 10.1. The van der Waals surface area contributed by atoms with Gasteiger partial charge in [0.25, 0.3) is 0 Å². The van der Waals surface area contributed by atoms with E-state index in [4.69, 9.17) is 10.5 Å². The molecule has 1 unspecified atom stereocenters. The van der Waals surface area contributed by atoms with Gasteiger partial charge >= 0.3 is 0 Å². The molecule has 1 atom stereocenters. The number of aryl methyl sites for hydroxylation is 2. The fourth-order valence-corrected chi connectivity index (χ4v) is 2.35. The molecule has 1 aromatic carbocycles. The molecule has 1 aromatic rings. The maximum atomic E-state index is 6.20. The quantitative estimate of drug-likeness (QED) is 0.848. The number of nitrogens with two attached hydrogens (primary N) is 1. The summed E-state index contributed by atoms with van der Waals surface area (Å²) < 4.78 is 5.45. The van der Waals surface area contributed by atoms with Crippen LogP contribution in [0.25, 0.3) is 0 Å². The fraction of sp³-hybridized carbons (Fsp3) is 0.600. The van der Waals surface area contributed by atoms with E-state index >= 15 is 0 Å². The van der Waals surface area contributed by atoms with E-state index in [1.807, 2.05) is 0 Å². The molecule has 1 aliphatic rings. The third kappa shape index (κ3) is 3.22. The molecule has 2 N–H and O–H groups in total. The summed E-state index contributed by atoms with van der Waals surface area (Å²) in [5.74, 6) is 1.88. The van der Waals surface area contributed by atoms with Gasteiger partial charge in [0.2, 0.25) is 0 Å². The second-order valence-corrected chi connectivity index (χ2v) is 5.39. The molecule has 0 spiro atoms. The Morgan fingerprint density at radius 3 is 2.53 bits per heavy atom. The molecule has 2 nitrogen and oxygen atoms in total. The van der Waals surface area contributed by atoms with Gasteiger partial charge in [0, 0.05) is 6.04 Å². The predicted octanol–water partition coefficient (Wildman–Crippen LogP) is 2.98. The van der Waals surface area contributed by atoms with Crippen LogP contribution < -0.4 is 10.5 Å². The van der Waals surface area contributed by atoms with Gasteiger partial charge < -0.3 is 10.5 Å². The van der Waals surface area contributed by atoms with E-state index in [0.29, 0.717) is 0 Å². The number of methoxy groups -OCH3 is 1. The first-order valence-electron chi connectivity index (χ1n) is 6.50. The van der Waals surface area contributed by atoms with Crippen molar-refractivity contribution < 1.29 is 4.74 Å². The Bertz CT molecular complexity index is 396. The summed E-state index contributed by atoms with van der Waals surface area (Å²) in [6.45, 7) is 4.26. The molecule has 0 saturated heterocycles. The second-order valence-electron chi connectivity index (χ2n) is 5.39. The van der Waals surface area contributed by atoms with Crippen LogP contribution in [0.4, 0.5) is 0 Å². The zero-order chi connectivity index (χ0) is 12.4. The normalized spacial score (nSPS) is 16.9. The number of hydrogen-bond donors (Lipinski definition) is 1. The SMILES string of the molecule is COc1cc(C)c(C)cc1CC(N)CC1CC1. The van der Waals surface area contributed by atoms with E-state index in [0.717, 1.165) is 24.5 Å². The van der Waals surface area contributed by atoms with Crippen molar-refractivity contribution in [3.63, 3.8) is 0 Å². The smallest absolute Gasteiger partial charge is 0.122 e. The first kappa shape index (κ1) is 12.4. The van der Waals surface area contributed by atoms with Crippen molar-refractivity contribution in [2.45, 2.75) is 45.6 Å². The lowest BCUT2D eigenvalue weighted by molar-refractivity contribution is 0.406.